The van der Waals surface area contributed by atoms with Gasteiger partial charge in [0.1, 0.15) is 0 Å². The smallest absolute Gasteiger partial charge is 0.255 e. The fourth-order valence-corrected chi connectivity index (χ4v) is 2.31. The zero-order valence-corrected chi connectivity index (χ0v) is 13.0. The first-order chi connectivity index (χ1) is 10.9. The van der Waals surface area contributed by atoms with Crippen LogP contribution in [0.1, 0.15) is 16.8 Å². The molecule has 1 aromatic carbocycles. The van der Waals surface area contributed by atoms with Gasteiger partial charge in [-0.15, -0.1) is 0 Å². The zero-order valence-electron chi connectivity index (χ0n) is 13.0. The van der Waals surface area contributed by atoms with Gasteiger partial charge in [0.25, 0.3) is 11.8 Å². The third kappa shape index (κ3) is 4.12. The molecule has 1 aliphatic heterocycles. The molecule has 0 radical (unpaired) electrons. The van der Waals surface area contributed by atoms with Gasteiger partial charge in [-0.3, -0.25) is 14.4 Å². The van der Waals surface area contributed by atoms with Crippen molar-refractivity contribution >= 4 is 17.7 Å². The van der Waals surface area contributed by atoms with Gasteiger partial charge < -0.3 is 25.4 Å². The van der Waals surface area contributed by atoms with Crippen LogP contribution in [0, 0.1) is 0 Å². The highest BCUT2D eigenvalue weighted by Crippen LogP contribution is 2.28. The molecule has 1 fully saturated rings. The van der Waals surface area contributed by atoms with E-state index >= 15 is 0 Å². The van der Waals surface area contributed by atoms with Crippen molar-refractivity contribution in [3.05, 3.63) is 23.8 Å². The number of nitrogens with two attached hydrogens (primary N) is 1. The summed E-state index contributed by atoms with van der Waals surface area (Å²) in [5.41, 5.74) is 5.39. The van der Waals surface area contributed by atoms with Gasteiger partial charge in [0.05, 0.1) is 13.2 Å². The molecule has 1 aromatic rings. The standard InChI is InChI=1S/C15H19N3O5/c1-18-7-10(6-14(18)20)17-15(21)9-3-4-11(12(5-9)22-2)23-8-13(16)19/h3-5,10H,6-8H2,1-2H3,(H2,16,19)(H,17,21). The van der Waals surface area contributed by atoms with Crippen LogP contribution in [0.2, 0.25) is 0 Å². The van der Waals surface area contributed by atoms with Crippen LogP contribution in [-0.2, 0) is 9.59 Å². The summed E-state index contributed by atoms with van der Waals surface area (Å²) in [5.74, 6) is -0.276. The predicted octanol–water partition coefficient (Wildman–Crippen LogP) is -0.480. The molecule has 124 valence electrons. The quantitative estimate of drug-likeness (QED) is 0.735. The van der Waals surface area contributed by atoms with Crippen molar-refractivity contribution < 1.29 is 23.9 Å². The Hall–Kier alpha value is -2.77. The maximum atomic E-state index is 12.2. The van der Waals surface area contributed by atoms with E-state index in [1.807, 2.05) is 0 Å². The highest BCUT2D eigenvalue weighted by Gasteiger charge is 2.28. The molecule has 0 aliphatic carbocycles. The average molecular weight is 321 g/mol. The van der Waals surface area contributed by atoms with Crippen molar-refractivity contribution in [3.63, 3.8) is 0 Å². The Morgan fingerprint density at radius 1 is 1.39 bits per heavy atom. The fraction of sp³-hybridized carbons (Fsp3) is 0.400. The van der Waals surface area contributed by atoms with Crippen LogP contribution in [-0.4, -0.2) is 56.0 Å². The normalized spacial score (nSPS) is 17.0. The minimum Gasteiger partial charge on any atom is -0.493 e. The second kappa shape index (κ2) is 6.99. The number of nitrogens with one attached hydrogen (secondary N) is 1. The van der Waals surface area contributed by atoms with Crippen molar-refractivity contribution in [2.45, 2.75) is 12.5 Å². The van der Waals surface area contributed by atoms with Crippen LogP contribution in [0.4, 0.5) is 0 Å². The Morgan fingerprint density at radius 2 is 2.13 bits per heavy atom. The monoisotopic (exact) mass is 321 g/mol. The van der Waals surface area contributed by atoms with E-state index in [2.05, 4.69) is 5.32 Å². The Morgan fingerprint density at radius 3 is 2.70 bits per heavy atom. The van der Waals surface area contributed by atoms with Crippen molar-refractivity contribution in [1.29, 1.82) is 0 Å². The molecule has 1 aliphatic rings. The summed E-state index contributed by atoms with van der Waals surface area (Å²) in [7, 11) is 3.13. The highest BCUT2D eigenvalue weighted by molar-refractivity contribution is 5.95. The molecule has 1 unspecified atom stereocenters. The number of nitrogens with zero attached hydrogens (tertiary/aromatic N) is 1. The number of primary amides is 1. The van der Waals surface area contributed by atoms with Crippen molar-refractivity contribution in [2.75, 3.05) is 27.3 Å². The van der Waals surface area contributed by atoms with Gasteiger partial charge in [0, 0.05) is 25.6 Å². The Bertz CT molecular complexity index is 632. The highest BCUT2D eigenvalue weighted by atomic mass is 16.5. The second-order valence-corrected chi connectivity index (χ2v) is 5.27. The van der Waals surface area contributed by atoms with Crippen LogP contribution in [0.15, 0.2) is 18.2 Å². The van der Waals surface area contributed by atoms with E-state index in [0.29, 0.717) is 30.0 Å². The fourth-order valence-electron chi connectivity index (χ4n) is 2.31. The lowest BCUT2D eigenvalue weighted by molar-refractivity contribution is -0.126. The molecular formula is C15H19N3O5. The number of rotatable bonds is 6. The van der Waals surface area contributed by atoms with Crippen LogP contribution in [0.25, 0.3) is 0 Å². The first kappa shape index (κ1) is 16.6. The number of amides is 3. The molecule has 0 saturated carbocycles. The second-order valence-electron chi connectivity index (χ2n) is 5.27. The predicted molar refractivity (Wildman–Crippen MR) is 81.2 cm³/mol. The molecule has 0 aromatic heterocycles. The number of hydrogen-bond donors (Lipinski definition) is 2. The summed E-state index contributed by atoms with van der Waals surface area (Å²) < 4.78 is 10.4. The molecule has 3 N–H and O–H groups in total. The number of ether oxygens (including phenoxy) is 2. The lowest BCUT2D eigenvalue weighted by Crippen LogP contribution is -2.36. The van der Waals surface area contributed by atoms with Gasteiger partial charge in [0.15, 0.2) is 18.1 Å². The van der Waals surface area contributed by atoms with Gasteiger partial charge in [-0.25, -0.2) is 0 Å². The first-order valence-corrected chi connectivity index (χ1v) is 7.04. The van der Waals surface area contributed by atoms with E-state index in [4.69, 9.17) is 15.2 Å². The lowest BCUT2D eigenvalue weighted by atomic mass is 10.1. The summed E-state index contributed by atoms with van der Waals surface area (Å²) in [6.07, 6.45) is 0.291. The Kier molecular flexibility index (Phi) is 5.05. The van der Waals surface area contributed by atoms with Gasteiger partial charge in [-0.05, 0) is 18.2 Å². The summed E-state index contributed by atoms with van der Waals surface area (Å²) in [6.45, 7) is 0.208. The van der Waals surface area contributed by atoms with E-state index in [1.165, 1.54) is 19.2 Å². The SMILES string of the molecule is COc1cc(C(=O)NC2CC(=O)N(C)C2)ccc1OCC(N)=O. The van der Waals surface area contributed by atoms with Crippen LogP contribution < -0.4 is 20.5 Å². The molecular weight excluding hydrogens is 302 g/mol. The number of carbonyl (C=O) groups is 3. The Balaban J connectivity index is 2.06. The lowest BCUT2D eigenvalue weighted by Gasteiger charge is -2.14. The maximum Gasteiger partial charge on any atom is 0.255 e. The molecule has 3 amide bonds. The molecule has 8 nitrogen and oxygen atoms in total. The van der Waals surface area contributed by atoms with Gasteiger partial charge in [-0.1, -0.05) is 0 Å². The summed E-state index contributed by atoms with van der Waals surface area (Å²) in [6, 6.07) is 4.38. The van der Waals surface area contributed by atoms with Gasteiger partial charge >= 0.3 is 0 Å². The van der Waals surface area contributed by atoms with Crippen LogP contribution in [0.3, 0.4) is 0 Å². The molecule has 23 heavy (non-hydrogen) atoms. The van der Waals surface area contributed by atoms with E-state index in [-0.39, 0.29) is 24.5 Å². The first-order valence-electron chi connectivity index (χ1n) is 7.04. The third-order valence-corrected chi connectivity index (χ3v) is 3.47. The summed E-state index contributed by atoms with van der Waals surface area (Å²) in [5, 5.41) is 2.81. The number of methoxy groups -OCH3 is 1. The number of carbonyl (C=O) groups excluding carboxylic acids is 3. The number of hydrogen-bond acceptors (Lipinski definition) is 5. The summed E-state index contributed by atoms with van der Waals surface area (Å²) >= 11 is 0. The molecule has 0 spiro atoms. The molecule has 1 atom stereocenters. The largest absolute Gasteiger partial charge is 0.493 e. The molecule has 1 saturated heterocycles. The van der Waals surface area contributed by atoms with E-state index in [9.17, 15) is 14.4 Å². The Labute approximate surface area is 133 Å². The number of likely N-dealkylation sites (tertiary alicyclic amines) is 1. The van der Waals surface area contributed by atoms with Crippen LogP contribution >= 0.6 is 0 Å². The third-order valence-electron chi connectivity index (χ3n) is 3.47. The van der Waals surface area contributed by atoms with Crippen molar-refractivity contribution in [2.24, 2.45) is 5.73 Å². The zero-order chi connectivity index (χ0) is 17.0. The molecule has 1 heterocycles. The minimum absolute atomic E-state index is 0.00285. The molecule has 2 rings (SSSR count). The van der Waals surface area contributed by atoms with E-state index in [0.717, 1.165) is 0 Å². The minimum atomic E-state index is -0.608. The van der Waals surface area contributed by atoms with E-state index in [1.54, 1.807) is 18.0 Å². The van der Waals surface area contributed by atoms with Crippen molar-refractivity contribution in [3.8, 4) is 11.5 Å². The van der Waals surface area contributed by atoms with Gasteiger partial charge in [-0.2, -0.15) is 0 Å². The topological polar surface area (TPSA) is 111 Å². The number of benzene rings is 1. The van der Waals surface area contributed by atoms with E-state index < -0.39 is 5.91 Å². The van der Waals surface area contributed by atoms with Gasteiger partial charge in [0.2, 0.25) is 5.91 Å². The van der Waals surface area contributed by atoms with Crippen LogP contribution in [0.5, 0.6) is 11.5 Å². The maximum absolute atomic E-state index is 12.2. The van der Waals surface area contributed by atoms with Crippen molar-refractivity contribution in [1.82, 2.24) is 10.2 Å². The summed E-state index contributed by atoms with van der Waals surface area (Å²) in [4.78, 5) is 36.1. The average Bonchev–Trinajstić information content (AvgIpc) is 2.82. The number of likely N-dealkylation sites (N-methyl/N-ethyl adjacent to an activating group) is 1. The molecule has 8 heteroatoms. The molecule has 0 bridgehead atoms.